The number of rotatable bonds is 6. The molecule has 7 nitrogen and oxygen atoms in total. The number of phenols is 1. The van der Waals surface area contributed by atoms with E-state index in [-0.39, 0.29) is 34.6 Å². The number of nitrogens with zero attached hydrogens (tertiary/aromatic N) is 3. The molecule has 7 heteroatoms. The van der Waals surface area contributed by atoms with Gasteiger partial charge in [0, 0.05) is 5.56 Å². The molecule has 31 heavy (non-hydrogen) atoms. The smallest absolute Gasteiger partial charge is 0.337 e. The van der Waals surface area contributed by atoms with E-state index in [1.807, 2.05) is 6.92 Å². The number of aliphatic hydroxyl groups is 1. The highest BCUT2D eigenvalue weighted by atomic mass is 16.5. The van der Waals surface area contributed by atoms with Gasteiger partial charge in [0.05, 0.1) is 23.8 Å². The highest BCUT2D eigenvalue weighted by molar-refractivity contribution is 5.89. The number of hydrogen-bond donors (Lipinski definition) is 2. The summed E-state index contributed by atoms with van der Waals surface area (Å²) in [5.41, 5.74) is 2.57. The molecule has 0 unspecified atom stereocenters. The Morgan fingerprint density at radius 3 is 2.35 bits per heavy atom. The Morgan fingerprint density at radius 2 is 1.74 bits per heavy atom. The number of phenolic OH excluding ortho intramolecular Hbond substituents is 1. The predicted molar refractivity (Wildman–Crippen MR) is 118 cm³/mol. The maximum absolute atomic E-state index is 11.7. The van der Waals surface area contributed by atoms with Crippen LogP contribution in [-0.2, 0) is 4.74 Å². The Labute approximate surface area is 179 Å². The number of methoxy groups -OCH3 is 1. The van der Waals surface area contributed by atoms with Crippen LogP contribution in [0, 0.1) is 6.92 Å². The molecule has 3 aromatic rings. The molecule has 1 heterocycles. The molecule has 0 fully saturated rings. The van der Waals surface area contributed by atoms with Crippen molar-refractivity contribution in [3.63, 3.8) is 0 Å². The third-order valence-corrected chi connectivity index (χ3v) is 4.43. The summed E-state index contributed by atoms with van der Waals surface area (Å²) >= 11 is 0. The zero-order valence-corrected chi connectivity index (χ0v) is 17.2. The first-order chi connectivity index (χ1) is 14.8. The lowest BCUT2D eigenvalue weighted by molar-refractivity contribution is 0.0600. The maximum Gasteiger partial charge on any atom is 0.337 e. The fraction of sp³-hybridized carbons (Fsp3) is 0.0833. The number of hydrogen-bond acceptors (Lipinski definition) is 7. The molecular formula is C24H21N3O4. The van der Waals surface area contributed by atoms with E-state index in [2.05, 4.69) is 28.1 Å². The summed E-state index contributed by atoms with van der Waals surface area (Å²) in [5.74, 6) is -0.0290. The topological polar surface area (TPSA) is 105 Å². The Hall–Kier alpha value is -4.26. The van der Waals surface area contributed by atoms with Crippen molar-refractivity contribution in [3.8, 4) is 28.5 Å². The van der Waals surface area contributed by atoms with E-state index < -0.39 is 5.97 Å². The number of carbonyl (C=O) groups excluding carboxylic acids is 1. The third kappa shape index (κ3) is 4.67. The first kappa shape index (κ1) is 21.4. The summed E-state index contributed by atoms with van der Waals surface area (Å²) in [6, 6.07) is 11.6. The van der Waals surface area contributed by atoms with Crippen molar-refractivity contribution >= 4 is 11.5 Å². The van der Waals surface area contributed by atoms with Crippen LogP contribution >= 0.6 is 0 Å². The van der Waals surface area contributed by atoms with E-state index in [1.54, 1.807) is 42.5 Å². The molecule has 0 atom stereocenters. The lowest BCUT2D eigenvalue weighted by Gasteiger charge is -2.11. The highest BCUT2D eigenvalue weighted by Gasteiger charge is 2.17. The van der Waals surface area contributed by atoms with Gasteiger partial charge in [0.15, 0.2) is 17.5 Å². The number of aryl methyl sites for hydroxylation is 1. The molecule has 0 saturated heterocycles. The van der Waals surface area contributed by atoms with Gasteiger partial charge < -0.3 is 14.9 Å². The van der Waals surface area contributed by atoms with Crippen molar-refractivity contribution < 1.29 is 19.7 Å². The molecule has 0 saturated carbocycles. The van der Waals surface area contributed by atoms with Crippen LogP contribution in [0.4, 0.5) is 0 Å². The molecule has 1 aromatic heterocycles. The molecule has 0 bridgehead atoms. The molecule has 2 aromatic carbocycles. The van der Waals surface area contributed by atoms with Crippen molar-refractivity contribution in [2.24, 2.45) is 0 Å². The zero-order valence-electron chi connectivity index (χ0n) is 17.2. The van der Waals surface area contributed by atoms with Crippen molar-refractivity contribution in [1.82, 2.24) is 15.0 Å². The Balaban J connectivity index is 2.23. The van der Waals surface area contributed by atoms with Gasteiger partial charge in [0.1, 0.15) is 11.5 Å². The van der Waals surface area contributed by atoms with Gasteiger partial charge in [-0.15, -0.1) is 0 Å². The number of aromatic nitrogens is 3. The number of esters is 1. The van der Waals surface area contributed by atoms with Gasteiger partial charge in [0.2, 0.25) is 0 Å². The highest BCUT2D eigenvalue weighted by Crippen LogP contribution is 2.30. The zero-order chi connectivity index (χ0) is 22.5. The minimum atomic E-state index is -0.457. The number of aliphatic hydroxyl groups excluding tert-OH is 1. The first-order valence-electron chi connectivity index (χ1n) is 9.30. The second-order valence-corrected chi connectivity index (χ2v) is 6.66. The summed E-state index contributed by atoms with van der Waals surface area (Å²) in [4.78, 5) is 25.1. The number of allylic oxidation sites excluding steroid dienone is 3. The Morgan fingerprint density at radius 1 is 1.06 bits per heavy atom. The van der Waals surface area contributed by atoms with E-state index in [0.29, 0.717) is 16.7 Å². The van der Waals surface area contributed by atoms with Crippen molar-refractivity contribution in [2.75, 3.05) is 7.11 Å². The SMILES string of the molecule is C=C/C=C(\C(=C)O)c1nc(-c2ccc(C(=O)OC)cc2)nc(-c2cc(C)ccc2O)n1. The third-order valence-electron chi connectivity index (χ3n) is 4.43. The Kier molecular flexibility index (Phi) is 6.26. The fourth-order valence-corrected chi connectivity index (χ4v) is 2.87. The van der Waals surface area contributed by atoms with Crippen LogP contribution < -0.4 is 0 Å². The summed E-state index contributed by atoms with van der Waals surface area (Å²) in [5, 5.41) is 20.4. The number of aromatic hydroxyl groups is 1. The summed E-state index contributed by atoms with van der Waals surface area (Å²) in [6.45, 7) is 9.10. The lowest BCUT2D eigenvalue weighted by atomic mass is 10.1. The van der Waals surface area contributed by atoms with Crippen molar-refractivity contribution in [1.29, 1.82) is 0 Å². The van der Waals surface area contributed by atoms with Crippen LogP contribution in [0.5, 0.6) is 5.75 Å². The van der Waals surface area contributed by atoms with Gasteiger partial charge in [-0.05, 0) is 37.3 Å². The van der Waals surface area contributed by atoms with Crippen LogP contribution in [0.3, 0.4) is 0 Å². The normalized spacial score (nSPS) is 11.1. The quantitative estimate of drug-likeness (QED) is 0.343. The van der Waals surface area contributed by atoms with Crippen molar-refractivity contribution in [2.45, 2.75) is 6.92 Å². The van der Waals surface area contributed by atoms with Gasteiger partial charge in [-0.1, -0.05) is 43.0 Å². The van der Waals surface area contributed by atoms with Gasteiger partial charge in [0.25, 0.3) is 0 Å². The molecule has 0 aliphatic rings. The summed E-state index contributed by atoms with van der Waals surface area (Å²) in [6.07, 6.45) is 3.01. The first-order valence-corrected chi connectivity index (χ1v) is 9.30. The standard InChI is InChI=1S/C24H21N3O4/c1-5-6-18(15(3)28)22-25-21(16-8-10-17(11-9-16)24(30)31-4)26-23(27-22)19-13-14(2)7-12-20(19)29/h5-13,28-29H,1,3H2,2,4H3/b18-6+. The van der Waals surface area contributed by atoms with Crippen molar-refractivity contribution in [3.05, 3.63) is 90.5 Å². The average molecular weight is 415 g/mol. The number of carbonyl (C=O) groups is 1. The van der Waals surface area contributed by atoms with Gasteiger partial charge in [-0.2, -0.15) is 0 Å². The van der Waals surface area contributed by atoms with Gasteiger partial charge in [-0.25, -0.2) is 19.7 Å². The Bertz CT molecular complexity index is 1200. The monoisotopic (exact) mass is 415 g/mol. The molecule has 3 rings (SSSR count). The van der Waals surface area contributed by atoms with Crippen LogP contribution in [0.2, 0.25) is 0 Å². The maximum atomic E-state index is 11.7. The van der Waals surface area contributed by atoms with Gasteiger partial charge in [-0.3, -0.25) is 0 Å². The van der Waals surface area contributed by atoms with Crippen LogP contribution in [0.25, 0.3) is 28.3 Å². The molecule has 0 aliphatic carbocycles. The minimum absolute atomic E-state index is 0.00631. The van der Waals surface area contributed by atoms with E-state index in [4.69, 9.17) is 4.74 Å². The predicted octanol–water partition coefficient (Wildman–Crippen LogP) is 4.65. The average Bonchev–Trinajstić information content (AvgIpc) is 2.78. The fourth-order valence-electron chi connectivity index (χ4n) is 2.87. The summed E-state index contributed by atoms with van der Waals surface area (Å²) in [7, 11) is 1.31. The lowest BCUT2D eigenvalue weighted by Crippen LogP contribution is -2.05. The number of benzene rings is 2. The molecule has 0 radical (unpaired) electrons. The molecule has 0 spiro atoms. The van der Waals surface area contributed by atoms with E-state index in [0.717, 1.165) is 5.56 Å². The largest absolute Gasteiger partial charge is 0.508 e. The van der Waals surface area contributed by atoms with Crippen LogP contribution in [0.1, 0.15) is 21.7 Å². The minimum Gasteiger partial charge on any atom is -0.508 e. The molecule has 0 aliphatic heterocycles. The molecule has 156 valence electrons. The number of ether oxygens (including phenoxy) is 1. The van der Waals surface area contributed by atoms with Crippen LogP contribution in [0.15, 0.2) is 73.5 Å². The van der Waals surface area contributed by atoms with Gasteiger partial charge >= 0.3 is 5.97 Å². The van der Waals surface area contributed by atoms with E-state index in [1.165, 1.54) is 19.3 Å². The van der Waals surface area contributed by atoms with Crippen LogP contribution in [-0.4, -0.2) is 38.2 Å². The molecule has 2 N–H and O–H groups in total. The van der Waals surface area contributed by atoms with E-state index >= 15 is 0 Å². The molecular weight excluding hydrogens is 394 g/mol. The van der Waals surface area contributed by atoms with E-state index in [9.17, 15) is 15.0 Å². The second-order valence-electron chi connectivity index (χ2n) is 6.66. The summed E-state index contributed by atoms with van der Waals surface area (Å²) < 4.78 is 4.72. The second kappa shape index (κ2) is 9.04. The molecule has 0 amide bonds.